The largest absolute Gasteiger partial charge is 0.507 e. The molecule has 6 heteroatoms. The third-order valence-corrected chi connectivity index (χ3v) is 5.11. The molecule has 0 atom stereocenters. The van der Waals surface area contributed by atoms with Gasteiger partial charge in [0.25, 0.3) is 0 Å². The van der Waals surface area contributed by atoms with Crippen molar-refractivity contribution >= 4 is 21.5 Å². The van der Waals surface area contributed by atoms with Crippen LogP contribution in [0.25, 0.3) is 21.5 Å². The maximum Gasteiger partial charge on any atom is 0.156 e. The minimum atomic E-state index is -0.602. The molecule has 25 heavy (non-hydrogen) atoms. The third kappa shape index (κ3) is 1.88. The van der Waals surface area contributed by atoms with Gasteiger partial charge in [-0.1, -0.05) is 24.3 Å². The van der Waals surface area contributed by atoms with Crippen LogP contribution in [0.2, 0.25) is 0 Å². The Morgan fingerprint density at radius 2 is 1.52 bits per heavy atom. The number of hydrogen-bond donors (Lipinski definition) is 3. The van der Waals surface area contributed by atoms with Crippen LogP contribution in [0.1, 0.15) is 12.8 Å². The molecule has 2 aliphatic rings. The van der Waals surface area contributed by atoms with Gasteiger partial charge in [0.05, 0.1) is 34.7 Å². The van der Waals surface area contributed by atoms with E-state index in [4.69, 9.17) is 14.7 Å². The first-order valence-electron chi connectivity index (χ1n) is 8.25. The van der Waals surface area contributed by atoms with Gasteiger partial charge in [-0.3, -0.25) is 9.98 Å². The van der Waals surface area contributed by atoms with Crippen molar-refractivity contribution in [2.75, 3.05) is 13.2 Å². The van der Waals surface area contributed by atoms with Crippen molar-refractivity contribution < 1.29 is 20.1 Å². The second-order valence-corrected chi connectivity index (χ2v) is 6.57. The van der Waals surface area contributed by atoms with Crippen LogP contribution in [0.15, 0.2) is 40.3 Å². The van der Waals surface area contributed by atoms with Crippen molar-refractivity contribution in [3.8, 4) is 17.2 Å². The zero-order valence-electron chi connectivity index (χ0n) is 13.4. The van der Waals surface area contributed by atoms with Crippen LogP contribution in [0, 0.1) is 0 Å². The van der Waals surface area contributed by atoms with Crippen molar-refractivity contribution in [2.24, 2.45) is 9.98 Å². The van der Waals surface area contributed by atoms with Crippen LogP contribution in [0.5, 0.6) is 17.2 Å². The number of hydrogen-bond acceptors (Lipinski definition) is 6. The van der Waals surface area contributed by atoms with Gasteiger partial charge >= 0.3 is 0 Å². The number of phenolic OH excluding ortho intramolecular Hbond substituents is 3. The molecule has 1 saturated heterocycles. The Labute approximate surface area is 142 Å². The summed E-state index contributed by atoms with van der Waals surface area (Å²) < 4.78 is 5.41. The fourth-order valence-corrected chi connectivity index (χ4v) is 3.86. The predicted octanol–water partition coefficient (Wildman–Crippen LogP) is 1.87. The van der Waals surface area contributed by atoms with E-state index in [2.05, 4.69) is 0 Å². The first kappa shape index (κ1) is 14.5. The molecule has 0 radical (unpaired) electrons. The Kier molecular flexibility index (Phi) is 2.80. The number of nitrogens with zero attached hydrogens (tertiary/aromatic N) is 2. The van der Waals surface area contributed by atoms with Gasteiger partial charge in [0, 0.05) is 29.7 Å². The van der Waals surface area contributed by atoms with E-state index >= 15 is 0 Å². The Morgan fingerprint density at radius 1 is 0.880 bits per heavy atom. The van der Waals surface area contributed by atoms with Crippen molar-refractivity contribution in [1.82, 2.24) is 0 Å². The summed E-state index contributed by atoms with van der Waals surface area (Å²) in [6.45, 7) is 1.15. The van der Waals surface area contributed by atoms with Crippen molar-refractivity contribution in [3.05, 3.63) is 41.0 Å². The Morgan fingerprint density at radius 3 is 2.20 bits per heavy atom. The van der Waals surface area contributed by atoms with E-state index in [1.807, 2.05) is 0 Å². The van der Waals surface area contributed by atoms with E-state index < -0.39 is 5.66 Å². The molecule has 126 valence electrons. The lowest BCUT2D eigenvalue weighted by Crippen LogP contribution is -2.31. The number of aromatic hydroxyl groups is 3. The standard InChI is InChI=1S/C19H16N2O4/c22-13-9-12-16(21-19(20-12)5-7-25-8-6-19)15-14(13)17(23)10-3-1-2-4-11(10)18(15)24/h1-4,9,22-24H,5-8H2. The monoisotopic (exact) mass is 336 g/mol. The molecule has 0 bridgehead atoms. The highest BCUT2D eigenvalue weighted by molar-refractivity contribution is 6.12. The predicted molar refractivity (Wildman–Crippen MR) is 91.5 cm³/mol. The van der Waals surface area contributed by atoms with Crippen LogP contribution in [0.3, 0.4) is 0 Å². The molecule has 0 aliphatic carbocycles. The number of phenols is 3. The van der Waals surface area contributed by atoms with Crippen molar-refractivity contribution in [3.63, 3.8) is 0 Å². The maximum atomic E-state index is 10.9. The molecule has 1 fully saturated rings. The Balaban J connectivity index is 1.98. The van der Waals surface area contributed by atoms with E-state index in [0.717, 1.165) is 0 Å². The van der Waals surface area contributed by atoms with Crippen molar-refractivity contribution in [1.29, 1.82) is 0 Å². The summed E-state index contributed by atoms with van der Waals surface area (Å²) in [4.78, 5) is 9.50. The fraction of sp³-hybridized carbons (Fsp3) is 0.263. The summed E-state index contributed by atoms with van der Waals surface area (Å²) in [6.07, 6.45) is 1.31. The summed E-state index contributed by atoms with van der Waals surface area (Å²) in [5.74, 6) is -0.180. The molecule has 3 N–H and O–H groups in total. The zero-order chi connectivity index (χ0) is 17.2. The fourth-order valence-electron chi connectivity index (χ4n) is 3.86. The van der Waals surface area contributed by atoms with Crippen molar-refractivity contribution in [2.45, 2.75) is 18.5 Å². The molecule has 3 aromatic rings. The first-order valence-corrected chi connectivity index (χ1v) is 8.25. The van der Waals surface area contributed by atoms with Crippen LogP contribution in [-0.4, -0.2) is 34.2 Å². The number of fused-ring (bicyclic) bond motifs is 4. The summed E-state index contributed by atoms with van der Waals surface area (Å²) >= 11 is 0. The second-order valence-electron chi connectivity index (χ2n) is 6.57. The molecule has 6 nitrogen and oxygen atoms in total. The number of ether oxygens (including phenoxy) is 1. The topological polar surface area (TPSA) is 94.6 Å². The van der Waals surface area contributed by atoms with E-state index in [9.17, 15) is 15.3 Å². The van der Waals surface area contributed by atoms with Gasteiger partial charge in [-0.2, -0.15) is 0 Å². The third-order valence-electron chi connectivity index (χ3n) is 5.11. The van der Waals surface area contributed by atoms with Gasteiger partial charge in [0.15, 0.2) is 5.66 Å². The lowest BCUT2D eigenvalue weighted by molar-refractivity contribution is 0.0566. The van der Waals surface area contributed by atoms with E-state index in [1.165, 1.54) is 6.07 Å². The molecule has 0 unspecified atom stereocenters. The lowest BCUT2D eigenvalue weighted by Gasteiger charge is -2.27. The van der Waals surface area contributed by atoms with Crippen LogP contribution >= 0.6 is 0 Å². The molecule has 0 saturated carbocycles. The van der Waals surface area contributed by atoms with Gasteiger partial charge in [-0.05, 0) is 0 Å². The van der Waals surface area contributed by atoms with E-state index in [1.54, 1.807) is 24.3 Å². The highest BCUT2D eigenvalue weighted by atomic mass is 16.5. The van der Waals surface area contributed by atoms with Gasteiger partial charge in [0.2, 0.25) is 0 Å². The summed E-state index contributed by atoms with van der Waals surface area (Å²) in [7, 11) is 0. The average Bonchev–Trinajstić information content (AvgIpc) is 2.96. The van der Waals surface area contributed by atoms with Gasteiger partial charge in [-0.15, -0.1) is 0 Å². The highest BCUT2D eigenvalue weighted by Crippen LogP contribution is 2.43. The molecule has 2 heterocycles. The zero-order valence-corrected chi connectivity index (χ0v) is 13.4. The summed E-state index contributed by atoms with van der Waals surface area (Å²) in [5.41, 5.74) is -0.602. The van der Waals surface area contributed by atoms with Crippen LogP contribution in [-0.2, 0) is 4.74 Å². The molecule has 5 rings (SSSR count). The molecule has 1 spiro atoms. The Bertz CT molecular complexity index is 1160. The van der Waals surface area contributed by atoms with Crippen LogP contribution in [0.4, 0.5) is 0 Å². The van der Waals surface area contributed by atoms with Crippen LogP contribution < -0.4 is 10.7 Å². The Hall–Kier alpha value is -2.86. The molecular formula is C19H16N2O4. The average molecular weight is 336 g/mol. The van der Waals surface area contributed by atoms with Gasteiger partial charge in [-0.25, -0.2) is 0 Å². The van der Waals surface area contributed by atoms with E-state index in [-0.39, 0.29) is 22.6 Å². The molecule has 3 aromatic carbocycles. The second kappa shape index (κ2) is 4.83. The molecular weight excluding hydrogens is 320 g/mol. The van der Waals surface area contributed by atoms with Gasteiger partial charge < -0.3 is 20.1 Å². The minimum absolute atomic E-state index is 0.00129. The minimum Gasteiger partial charge on any atom is -0.507 e. The lowest BCUT2D eigenvalue weighted by atomic mass is 9.99. The molecule has 2 aliphatic heterocycles. The summed E-state index contributed by atoms with van der Waals surface area (Å²) in [5, 5.41) is 34.7. The molecule has 0 amide bonds. The highest BCUT2D eigenvalue weighted by Gasteiger charge is 2.35. The smallest absolute Gasteiger partial charge is 0.156 e. The van der Waals surface area contributed by atoms with Gasteiger partial charge in [0.1, 0.15) is 17.2 Å². The maximum absolute atomic E-state index is 10.9. The molecule has 0 aromatic heterocycles. The number of rotatable bonds is 0. The SMILES string of the molecule is Oc1cc2c(c3c(O)c4ccccc4c(O)c13)=NC1(CCOCC1)N=2. The summed E-state index contributed by atoms with van der Waals surface area (Å²) in [6, 6.07) is 8.51. The number of benzene rings is 3. The first-order chi connectivity index (χ1) is 12.1. The quantitative estimate of drug-likeness (QED) is 0.431. The normalized spacial score (nSPS) is 18.2. The van der Waals surface area contributed by atoms with E-state index in [0.29, 0.717) is 52.9 Å².